The molecule has 1 saturated carbocycles. The molecule has 148 valence electrons. The summed E-state index contributed by atoms with van der Waals surface area (Å²) in [7, 11) is 0. The number of hydrogen-bond acceptors (Lipinski definition) is 3. The van der Waals surface area contributed by atoms with Crippen LogP contribution in [-0.4, -0.2) is 37.6 Å². The van der Waals surface area contributed by atoms with Gasteiger partial charge in [-0.25, -0.2) is 0 Å². The number of benzene rings is 3. The third-order valence-corrected chi connectivity index (χ3v) is 6.18. The first-order valence-corrected chi connectivity index (χ1v) is 10.7. The Labute approximate surface area is 173 Å². The van der Waals surface area contributed by atoms with Crippen molar-refractivity contribution in [3.8, 4) is 11.5 Å². The summed E-state index contributed by atoms with van der Waals surface area (Å²) in [5.74, 6) is 3.40. The Balaban J connectivity index is 1.14. The molecule has 3 aromatic carbocycles. The van der Waals surface area contributed by atoms with E-state index in [0.717, 1.165) is 49.5 Å². The van der Waals surface area contributed by atoms with Crippen molar-refractivity contribution in [2.45, 2.75) is 12.3 Å². The molecule has 2 fully saturated rings. The number of nitrogens with zero attached hydrogens (tertiary/aromatic N) is 2. The first-order valence-electron chi connectivity index (χ1n) is 10.7. The van der Waals surface area contributed by atoms with Gasteiger partial charge in [0.2, 0.25) is 0 Å². The normalized spacial score (nSPS) is 21.7. The van der Waals surface area contributed by atoms with Gasteiger partial charge in [0.15, 0.2) is 0 Å². The van der Waals surface area contributed by atoms with Gasteiger partial charge in [-0.2, -0.15) is 0 Å². The van der Waals surface area contributed by atoms with Crippen LogP contribution in [-0.2, 0) is 0 Å². The summed E-state index contributed by atoms with van der Waals surface area (Å²) in [6.45, 7) is 5.68. The molecule has 1 saturated heterocycles. The highest BCUT2D eigenvalue weighted by Crippen LogP contribution is 2.47. The van der Waals surface area contributed by atoms with Gasteiger partial charge in [-0.05, 0) is 48.1 Å². The van der Waals surface area contributed by atoms with E-state index in [1.165, 1.54) is 24.2 Å². The van der Waals surface area contributed by atoms with Crippen molar-refractivity contribution in [1.82, 2.24) is 4.90 Å². The maximum atomic E-state index is 6.01. The van der Waals surface area contributed by atoms with E-state index in [4.69, 9.17) is 4.74 Å². The minimum atomic E-state index is 0.779. The molecule has 0 aromatic heterocycles. The van der Waals surface area contributed by atoms with Crippen LogP contribution in [0.3, 0.4) is 0 Å². The summed E-state index contributed by atoms with van der Waals surface area (Å²) in [4.78, 5) is 5.13. The molecule has 0 amide bonds. The Morgan fingerprint density at radius 1 is 0.724 bits per heavy atom. The molecule has 3 heteroatoms. The van der Waals surface area contributed by atoms with Crippen molar-refractivity contribution in [2.75, 3.05) is 37.6 Å². The first kappa shape index (κ1) is 18.3. The van der Waals surface area contributed by atoms with Crippen LogP contribution in [0, 0.1) is 5.92 Å². The molecule has 5 rings (SSSR count). The lowest BCUT2D eigenvalue weighted by Gasteiger charge is -2.36. The molecule has 0 radical (unpaired) electrons. The average Bonchev–Trinajstić information content (AvgIpc) is 3.55. The Kier molecular flexibility index (Phi) is 5.23. The number of rotatable bonds is 6. The van der Waals surface area contributed by atoms with Crippen LogP contribution in [0.5, 0.6) is 11.5 Å². The fourth-order valence-corrected chi connectivity index (χ4v) is 4.45. The third kappa shape index (κ3) is 4.46. The molecule has 0 N–H and O–H groups in total. The van der Waals surface area contributed by atoms with Gasteiger partial charge in [0, 0.05) is 44.5 Å². The molecule has 2 aliphatic rings. The van der Waals surface area contributed by atoms with Gasteiger partial charge >= 0.3 is 0 Å². The third-order valence-electron chi connectivity index (χ3n) is 6.18. The van der Waals surface area contributed by atoms with E-state index in [9.17, 15) is 0 Å². The van der Waals surface area contributed by atoms with Crippen molar-refractivity contribution < 1.29 is 4.74 Å². The van der Waals surface area contributed by atoms with E-state index in [1.54, 1.807) is 0 Å². The van der Waals surface area contributed by atoms with E-state index in [1.807, 2.05) is 36.4 Å². The van der Waals surface area contributed by atoms with Crippen LogP contribution in [0.15, 0.2) is 84.9 Å². The smallest absolute Gasteiger partial charge is 0.129 e. The summed E-state index contributed by atoms with van der Waals surface area (Å²) in [6.07, 6.45) is 1.35. The topological polar surface area (TPSA) is 15.7 Å². The van der Waals surface area contributed by atoms with Crippen LogP contribution in [0.25, 0.3) is 0 Å². The second-order valence-corrected chi connectivity index (χ2v) is 8.21. The summed E-state index contributed by atoms with van der Waals surface area (Å²) in [5, 5.41) is 0. The zero-order chi connectivity index (χ0) is 19.5. The number of para-hydroxylation sites is 1. The lowest BCUT2D eigenvalue weighted by molar-refractivity contribution is 0.246. The molecular formula is C26H28N2O. The SMILES string of the molecule is c1ccc(Oc2cccc(N3CCN(C[C@@H]4C[C@H]4c4ccccc4)CC3)c2)cc1. The molecule has 1 aliphatic carbocycles. The van der Waals surface area contributed by atoms with Crippen molar-refractivity contribution in [1.29, 1.82) is 0 Å². The maximum absolute atomic E-state index is 6.01. The number of ether oxygens (including phenoxy) is 1. The van der Waals surface area contributed by atoms with E-state index < -0.39 is 0 Å². The Bertz CT molecular complexity index is 920. The molecule has 0 bridgehead atoms. The largest absolute Gasteiger partial charge is 0.457 e. The van der Waals surface area contributed by atoms with Crippen molar-refractivity contribution in [3.63, 3.8) is 0 Å². The summed E-state index contributed by atoms with van der Waals surface area (Å²) >= 11 is 0. The molecule has 3 aromatic rings. The van der Waals surface area contributed by atoms with Crippen LogP contribution in [0.2, 0.25) is 0 Å². The number of anilines is 1. The maximum Gasteiger partial charge on any atom is 0.129 e. The zero-order valence-electron chi connectivity index (χ0n) is 16.8. The predicted molar refractivity (Wildman–Crippen MR) is 119 cm³/mol. The van der Waals surface area contributed by atoms with Crippen LogP contribution in [0.1, 0.15) is 17.9 Å². The predicted octanol–water partition coefficient (Wildman–Crippen LogP) is 5.40. The van der Waals surface area contributed by atoms with E-state index in [2.05, 4.69) is 58.3 Å². The van der Waals surface area contributed by atoms with Crippen molar-refractivity contribution in [2.24, 2.45) is 5.92 Å². The number of piperazine rings is 1. The standard InChI is InChI=1S/C26H28N2O/c1-3-8-21(9-4-1)26-18-22(26)20-27-14-16-28(17-15-27)23-10-7-13-25(19-23)29-24-11-5-2-6-12-24/h1-13,19,22,26H,14-18,20H2/t22-,26-/m0/s1. The highest BCUT2D eigenvalue weighted by molar-refractivity contribution is 5.52. The van der Waals surface area contributed by atoms with Crippen molar-refractivity contribution in [3.05, 3.63) is 90.5 Å². The molecule has 29 heavy (non-hydrogen) atoms. The van der Waals surface area contributed by atoms with Gasteiger partial charge in [-0.3, -0.25) is 4.90 Å². The second kappa shape index (κ2) is 8.30. The fraction of sp³-hybridized carbons (Fsp3) is 0.308. The van der Waals surface area contributed by atoms with Gasteiger partial charge < -0.3 is 9.64 Å². The van der Waals surface area contributed by atoms with Gasteiger partial charge in [-0.1, -0.05) is 54.6 Å². The van der Waals surface area contributed by atoms with E-state index in [-0.39, 0.29) is 0 Å². The van der Waals surface area contributed by atoms with Gasteiger partial charge in [-0.15, -0.1) is 0 Å². The lowest BCUT2D eigenvalue weighted by atomic mass is 10.1. The molecule has 1 heterocycles. The Hall–Kier alpha value is -2.78. The molecule has 0 unspecified atom stereocenters. The lowest BCUT2D eigenvalue weighted by Crippen LogP contribution is -2.47. The van der Waals surface area contributed by atoms with E-state index in [0.29, 0.717) is 0 Å². The minimum Gasteiger partial charge on any atom is -0.457 e. The zero-order valence-corrected chi connectivity index (χ0v) is 16.8. The molecule has 3 nitrogen and oxygen atoms in total. The molecular weight excluding hydrogens is 356 g/mol. The van der Waals surface area contributed by atoms with Gasteiger partial charge in [0.05, 0.1) is 0 Å². The molecule has 2 atom stereocenters. The number of hydrogen-bond donors (Lipinski definition) is 0. The highest BCUT2D eigenvalue weighted by atomic mass is 16.5. The average molecular weight is 385 g/mol. The van der Waals surface area contributed by atoms with Crippen LogP contribution < -0.4 is 9.64 Å². The quantitative estimate of drug-likeness (QED) is 0.565. The summed E-state index contributed by atoms with van der Waals surface area (Å²) < 4.78 is 6.01. The van der Waals surface area contributed by atoms with Crippen LogP contribution >= 0.6 is 0 Å². The van der Waals surface area contributed by atoms with Crippen LogP contribution in [0.4, 0.5) is 5.69 Å². The summed E-state index contributed by atoms with van der Waals surface area (Å²) in [5.41, 5.74) is 2.78. The summed E-state index contributed by atoms with van der Waals surface area (Å²) in [6, 6.07) is 29.5. The van der Waals surface area contributed by atoms with E-state index >= 15 is 0 Å². The molecule has 1 aliphatic heterocycles. The Morgan fingerprint density at radius 2 is 1.41 bits per heavy atom. The molecule has 0 spiro atoms. The van der Waals surface area contributed by atoms with Crippen molar-refractivity contribution >= 4 is 5.69 Å². The van der Waals surface area contributed by atoms with Gasteiger partial charge in [0.1, 0.15) is 11.5 Å². The van der Waals surface area contributed by atoms with Gasteiger partial charge in [0.25, 0.3) is 0 Å². The minimum absolute atomic E-state index is 0.779. The monoisotopic (exact) mass is 384 g/mol. The Morgan fingerprint density at radius 3 is 2.17 bits per heavy atom. The second-order valence-electron chi connectivity index (χ2n) is 8.21. The first-order chi connectivity index (χ1) is 14.3. The highest BCUT2D eigenvalue weighted by Gasteiger charge is 2.39. The fourth-order valence-electron chi connectivity index (χ4n) is 4.45.